The smallest absolute Gasteiger partial charge is 0.323 e. The largest absolute Gasteiger partial charge is 0.383 e. The van der Waals surface area contributed by atoms with Gasteiger partial charge in [-0.3, -0.25) is 10.7 Å². The number of carbonyl (C=O) groups excluding carboxylic acids is 1. The summed E-state index contributed by atoms with van der Waals surface area (Å²) in [5.41, 5.74) is 0.633. The lowest BCUT2D eigenvalue weighted by atomic mass is 10.1. The van der Waals surface area contributed by atoms with E-state index in [9.17, 15) is 4.79 Å². The van der Waals surface area contributed by atoms with Gasteiger partial charge in [-0.25, -0.2) is 4.79 Å². The Bertz CT molecular complexity index is 522. The molecule has 0 saturated carbocycles. The molecule has 1 aromatic rings. The number of hydrogen-bond acceptors (Lipinski definition) is 3. The third-order valence-electron chi connectivity index (χ3n) is 2.90. The van der Waals surface area contributed by atoms with Crippen LogP contribution in [-0.2, 0) is 4.74 Å². The molecule has 1 saturated heterocycles. The monoisotopic (exact) mass is 301 g/mol. The molecule has 0 radical (unpaired) electrons. The highest BCUT2D eigenvalue weighted by atomic mass is 35.5. The third kappa shape index (κ3) is 2.68. The van der Waals surface area contributed by atoms with E-state index in [2.05, 4.69) is 5.32 Å². The highest BCUT2D eigenvalue weighted by Gasteiger charge is 2.37. The molecule has 0 aliphatic carbocycles. The van der Waals surface area contributed by atoms with E-state index in [-0.39, 0.29) is 11.9 Å². The lowest BCUT2D eigenvalue weighted by Gasteiger charge is -2.23. The summed E-state index contributed by atoms with van der Waals surface area (Å²) in [6.45, 7) is 0.758. The predicted molar refractivity (Wildman–Crippen MR) is 74.0 cm³/mol. The molecule has 1 aliphatic heterocycles. The summed E-state index contributed by atoms with van der Waals surface area (Å²) in [6, 6.07) is 4.29. The molecule has 2 amide bonds. The van der Waals surface area contributed by atoms with Crippen LogP contribution in [0, 0.1) is 5.41 Å². The molecule has 1 atom stereocenters. The van der Waals surface area contributed by atoms with Crippen molar-refractivity contribution in [3.63, 3.8) is 0 Å². The molecule has 19 heavy (non-hydrogen) atoms. The average molecular weight is 302 g/mol. The van der Waals surface area contributed by atoms with Gasteiger partial charge in [0.25, 0.3) is 0 Å². The van der Waals surface area contributed by atoms with Crippen molar-refractivity contribution in [2.75, 3.05) is 20.3 Å². The third-order valence-corrected chi connectivity index (χ3v) is 3.73. The van der Waals surface area contributed by atoms with E-state index in [0.29, 0.717) is 28.8 Å². The van der Waals surface area contributed by atoms with Crippen molar-refractivity contribution in [1.82, 2.24) is 10.2 Å². The zero-order valence-electron chi connectivity index (χ0n) is 10.2. The van der Waals surface area contributed by atoms with Crippen LogP contribution in [-0.4, -0.2) is 37.0 Å². The Labute approximate surface area is 120 Å². The van der Waals surface area contributed by atoms with Crippen molar-refractivity contribution in [3.8, 4) is 0 Å². The number of urea groups is 1. The summed E-state index contributed by atoms with van der Waals surface area (Å²) in [5, 5.41) is 11.1. The van der Waals surface area contributed by atoms with Gasteiger partial charge in [0.1, 0.15) is 11.9 Å². The minimum absolute atomic E-state index is 0.0882. The van der Waals surface area contributed by atoms with E-state index in [4.69, 9.17) is 33.3 Å². The fourth-order valence-electron chi connectivity index (χ4n) is 2.00. The number of methoxy groups -OCH3 is 1. The highest BCUT2D eigenvalue weighted by molar-refractivity contribution is 6.42. The molecule has 0 spiro atoms. The summed E-state index contributed by atoms with van der Waals surface area (Å²) in [4.78, 5) is 13.3. The fraction of sp³-hybridized carbons (Fsp3) is 0.333. The van der Waals surface area contributed by atoms with Crippen LogP contribution in [0.5, 0.6) is 0 Å². The number of halogens is 2. The van der Waals surface area contributed by atoms with Crippen molar-refractivity contribution < 1.29 is 9.53 Å². The van der Waals surface area contributed by atoms with Crippen LogP contribution in [0.25, 0.3) is 0 Å². The quantitative estimate of drug-likeness (QED) is 0.898. The molecular weight excluding hydrogens is 289 g/mol. The number of nitrogens with one attached hydrogen (secondary N) is 2. The average Bonchev–Trinajstić information content (AvgIpc) is 2.65. The van der Waals surface area contributed by atoms with Crippen LogP contribution >= 0.6 is 23.2 Å². The summed E-state index contributed by atoms with van der Waals surface area (Å²) in [7, 11) is 1.56. The van der Waals surface area contributed by atoms with Crippen LogP contribution in [0.3, 0.4) is 0 Å². The van der Waals surface area contributed by atoms with Gasteiger partial charge in [0.2, 0.25) is 0 Å². The topological polar surface area (TPSA) is 65.4 Å². The van der Waals surface area contributed by atoms with Crippen molar-refractivity contribution in [2.24, 2.45) is 0 Å². The van der Waals surface area contributed by atoms with Crippen molar-refractivity contribution in [3.05, 3.63) is 33.8 Å². The molecule has 2 N–H and O–H groups in total. The zero-order valence-corrected chi connectivity index (χ0v) is 11.8. The number of rotatable bonds is 4. The Morgan fingerprint density at radius 3 is 2.89 bits per heavy atom. The first kappa shape index (κ1) is 14.1. The predicted octanol–water partition coefficient (Wildman–Crippen LogP) is 2.68. The van der Waals surface area contributed by atoms with Gasteiger partial charge in [0, 0.05) is 19.2 Å². The van der Waals surface area contributed by atoms with Gasteiger partial charge in [-0.05, 0) is 6.07 Å². The molecule has 1 aromatic carbocycles. The zero-order chi connectivity index (χ0) is 14.0. The number of amides is 2. The van der Waals surface area contributed by atoms with Gasteiger partial charge >= 0.3 is 6.03 Å². The minimum atomic E-state index is -0.547. The van der Waals surface area contributed by atoms with Crippen LogP contribution in [0.1, 0.15) is 11.6 Å². The van der Waals surface area contributed by atoms with Crippen molar-refractivity contribution in [2.45, 2.75) is 6.04 Å². The maximum atomic E-state index is 11.8. The molecule has 5 nitrogen and oxygen atoms in total. The Balaban J connectivity index is 2.36. The van der Waals surface area contributed by atoms with E-state index in [1.54, 1.807) is 25.3 Å². The molecule has 1 unspecified atom stereocenters. The first-order valence-electron chi connectivity index (χ1n) is 5.65. The van der Waals surface area contributed by atoms with Crippen LogP contribution in [0.4, 0.5) is 4.79 Å². The maximum Gasteiger partial charge on any atom is 0.323 e. The Hall–Kier alpha value is -1.30. The standard InChI is InChI=1S/C12H13Cl2N3O2/c1-19-6-5-17-10(11(15)16-12(17)18)7-3-2-4-8(13)9(7)14/h2-4,10H,5-6H2,1H3,(H2,15,16,18). The lowest BCUT2D eigenvalue weighted by molar-refractivity contribution is 0.151. The molecule has 0 bridgehead atoms. The maximum absolute atomic E-state index is 11.8. The van der Waals surface area contributed by atoms with Crippen molar-refractivity contribution >= 4 is 35.1 Å². The second kappa shape index (κ2) is 5.77. The second-order valence-corrected chi connectivity index (χ2v) is 4.86. The van der Waals surface area contributed by atoms with Gasteiger partial charge in [-0.15, -0.1) is 0 Å². The summed E-state index contributed by atoms with van der Waals surface area (Å²) < 4.78 is 4.97. The molecule has 102 valence electrons. The van der Waals surface area contributed by atoms with Crippen LogP contribution in [0.2, 0.25) is 10.0 Å². The van der Waals surface area contributed by atoms with E-state index in [1.165, 1.54) is 4.90 Å². The van der Waals surface area contributed by atoms with E-state index in [0.717, 1.165) is 0 Å². The van der Waals surface area contributed by atoms with Crippen molar-refractivity contribution in [1.29, 1.82) is 5.41 Å². The van der Waals surface area contributed by atoms with Crippen LogP contribution in [0.15, 0.2) is 18.2 Å². The van der Waals surface area contributed by atoms with E-state index >= 15 is 0 Å². The number of nitrogens with zero attached hydrogens (tertiary/aromatic N) is 1. The number of carbonyl (C=O) groups is 1. The molecule has 1 aliphatic rings. The van der Waals surface area contributed by atoms with Gasteiger partial charge in [-0.1, -0.05) is 35.3 Å². The Kier molecular flexibility index (Phi) is 4.29. The van der Waals surface area contributed by atoms with Gasteiger partial charge in [0.05, 0.1) is 16.7 Å². The first-order valence-corrected chi connectivity index (χ1v) is 6.40. The second-order valence-electron chi connectivity index (χ2n) is 4.08. The molecular formula is C12H13Cl2N3O2. The van der Waals surface area contributed by atoms with Gasteiger partial charge in [0.15, 0.2) is 0 Å². The van der Waals surface area contributed by atoms with Crippen LogP contribution < -0.4 is 5.32 Å². The number of benzene rings is 1. The Morgan fingerprint density at radius 2 is 2.21 bits per heavy atom. The number of hydrogen-bond donors (Lipinski definition) is 2. The molecule has 0 aromatic heterocycles. The minimum Gasteiger partial charge on any atom is -0.383 e. The van der Waals surface area contributed by atoms with E-state index < -0.39 is 6.04 Å². The lowest BCUT2D eigenvalue weighted by Crippen LogP contribution is -2.32. The Morgan fingerprint density at radius 1 is 1.47 bits per heavy atom. The normalized spacial score (nSPS) is 18.9. The van der Waals surface area contributed by atoms with Gasteiger partial charge in [-0.2, -0.15) is 0 Å². The SMILES string of the molecule is COCCN1C(=O)NC(=N)C1c1cccc(Cl)c1Cl. The number of ether oxygens (including phenoxy) is 1. The number of amidine groups is 1. The fourth-order valence-corrected chi connectivity index (χ4v) is 2.41. The summed E-state index contributed by atoms with van der Waals surface area (Å²) in [5.74, 6) is 0.0882. The summed E-state index contributed by atoms with van der Waals surface area (Å²) >= 11 is 12.1. The molecule has 1 heterocycles. The molecule has 2 rings (SSSR count). The van der Waals surface area contributed by atoms with E-state index in [1.807, 2.05) is 0 Å². The summed E-state index contributed by atoms with van der Waals surface area (Å²) in [6.07, 6.45) is 0. The first-order chi connectivity index (χ1) is 9.06. The highest BCUT2D eigenvalue weighted by Crippen LogP contribution is 2.34. The van der Waals surface area contributed by atoms with Gasteiger partial charge < -0.3 is 9.64 Å². The molecule has 1 fully saturated rings. The molecule has 7 heteroatoms.